The van der Waals surface area contributed by atoms with Crippen LogP contribution in [-0.2, 0) is 19.4 Å². The maximum atomic E-state index is 9.37. The Morgan fingerprint density at radius 2 is 2.22 bits per heavy atom. The quantitative estimate of drug-likeness (QED) is 0.777. The normalized spacial score (nSPS) is 14.2. The van der Waals surface area contributed by atoms with Crippen LogP contribution in [0.15, 0.2) is 36.5 Å². The minimum Gasteiger partial charge on any atom is -0.396 e. The first-order valence-corrected chi connectivity index (χ1v) is 8.25. The number of halogens is 1. The minimum atomic E-state index is 0.119. The number of aliphatic hydroxyl groups is 1. The molecule has 3 heterocycles. The molecule has 2 N–H and O–H groups in total. The highest BCUT2D eigenvalue weighted by molar-refractivity contribution is 6.31. The van der Waals surface area contributed by atoms with E-state index in [1.165, 1.54) is 16.6 Å². The Labute approximate surface area is 139 Å². The summed E-state index contributed by atoms with van der Waals surface area (Å²) >= 11 is 6.22. The van der Waals surface area contributed by atoms with E-state index in [9.17, 15) is 5.11 Å². The summed E-state index contributed by atoms with van der Waals surface area (Å²) in [6.07, 6.45) is 3.37. The predicted octanol–water partition coefficient (Wildman–Crippen LogP) is 2.86. The Morgan fingerprint density at radius 1 is 1.30 bits per heavy atom. The van der Waals surface area contributed by atoms with Crippen LogP contribution in [0.2, 0.25) is 5.02 Å². The van der Waals surface area contributed by atoms with Gasteiger partial charge < -0.3 is 10.4 Å². The third-order valence-corrected chi connectivity index (χ3v) is 4.68. The van der Waals surface area contributed by atoms with Gasteiger partial charge in [0.15, 0.2) is 0 Å². The molecule has 1 aliphatic heterocycles. The second kappa shape index (κ2) is 5.96. The standard InChI is InChI=1S/C18H18ClN3O/c19-13-3-4-16-14(10-13)15-11-20-8-5-17(15)22(16)18-12(6-9-23)2-1-7-21-18/h1-4,7,10,20,23H,5-6,8-9,11H2. The maximum Gasteiger partial charge on any atom is 0.140 e. The van der Waals surface area contributed by atoms with Crippen LogP contribution >= 0.6 is 11.6 Å². The van der Waals surface area contributed by atoms with Gasteiger partial charge in [0, 0.05) is 48.4 Å². The lowest BCUT2D eigenvalue weighted by Gasteiger charge is -2.18. The molecule has 118 valence electrons. The Morgan fingerprint density at radius 3 is 3.09 bits per heavy atom. The van der Waals surface area contributed by atoms with E-state index in [4.69, 9.17) is 11.6 Å². The number of aromatic nitrogens is 2. The number of hydrogen-bond acceptors (Lipinski definition) is 3. The monoisotopic (exact) mass is 327 g/mol. The van der Waals surface area contributed by atoms with Crippen molar-refractivity contribution in [1.29, 1.82) is 0 Å². The molecule has 4 rings (SSSR count). The van der Waals surface area contributed by atoms with Crippen LogP contribution in [0.1, 0.15) is 16.8 Å². The summed E-state index contributed by atoms with van der Waals surface area (Å²) in [6, 6.07) is 9.98. The molecule has 0 unspecified atom stereocenters. The lowest BCUT2D eigenvalue weighted by molar-refractivity contribution is 0.299. The molecule has 5 heteroatoms. The fourth-order valence-electron chi connectivity index (χ4n) is 3.45. The minimum absolute atomic E-state index is 0.119. The largest absolute Gasteiger partial charge is 0.396 e. The van der Waals surface area contributed by atoms with E-state index in [-0.39, 0.29) is 6.61 Å². The zero-order valence-electron chi connectivity index (χ0n) is 12.7. The molecule has 0 amide bonds. The molecule has 0 atom stereocenters. The van der Waals surface area contributed by atoms with E-state index in [1.54, 1.807) is 0 Å². The second-order valence-electron chi connectivity index (χ2n) is 5.81. The van der Waals surface area contributed by atoms with E-state index in [1.807, 2.05) is 30.5 Å². The lowest BCUT2D eigenvalue weighted by Crippen LogP contribution is -2.24. The van der Waals surface area contributed by atoms with Crippen LogP contribution in [-0.4, -0.2) is 27.8 Å². The molecule has 0 fully saturated rings. The Bertz CT molecular complexity index is 872. The predicted molar refractivity (Wildman–Crippen MR) is 92.3 cm³/mol. The van der Waals surface area contributed by atoms with Crippen LogP contribution < -0.4 is 5.32 Å². The van der Waals surface area contributed by atoms with Crippen molar-refractivity contribution in [3.63, 3.8) is 0 Å². The van der Waals surface area contributed by atoms with Crippen molar-refractivity contribution in [2.24, 2.45) is 0 Å². The first-order chi connectivity index (χ1) is 11.3. The van der Waals surface area contributed by atoms with Gasteiger partial charge in [-0.15, -0.1) is 0 Å². The number of pyridine rings is 1. The average molecular weight is 328 g/mol. The van der Waals surface area contributed by atoms with Crippen LogP contribution in [0.25, 0.3) is 16.7 Å². The molecule has 3 aromatic rings. The number of hydrogen-bond donors (Lipinski definition) is 2. The van der Waals surface area contributed by atoms with E-state index < -0.39 is 0 Å². The Hall–Kier alpha value is -1.88. The summed E-state index contributed by atoms with van der Waals surface area (Å²) in [7, 11) is 0. The van der Waals surface area contributed by atoms with Gasteiger partial charge in [0.25, 0.3) is 0 Å². The van der Waals surface area contributed by atoms with E-state index in [2.05, 4.69) is 20.9 Å². The topological polar surface area (TPSA) is 50.1 Å². The maximum absolute atomic E-state index is 9.37. The van der Waals surface area contributed by atoms with Crippen LogP contribution in [0.3, 0.4) is 0 Å². The average Bonchev–Trinajstić information content (AvgIpc) is 2.90. The Kier molecular flexibility index (Phi) is 3.81. The third kappa shape index (κ3) is 2.43. The highest BCUT2D eigenvalue weighted by Gasteiger charge is 2.22. The zero-order chi connectivity index (χ0) is 15.8. The smallest absolute Gasteiger partial charge is 0.140 e. The van der Waals surface area contributed by atoms with Gasteiger partial charge in [0.05, 0.1) is 5.52 Å². The van der Waals surface area contributed by atoms with Gasteiger partial charge in [-0.25, -0.2) is 4.98 Å². The molecule has 23 heavy (non-hydrogen) atoms. The van der Waals surface area contributed by atoms with Gasteiger partial charge in [-0.3, -0.25) is 4.57 Å². The summed E-state index contributed by atoms with van der Waals surface area (Å²) in [5, 5.41) is 14.7. The van der Waals surface area contributed by atoms with E-state index in [0.717, 1.165) is 41.4 Å². The molecule has 0 bridgehead atoms. The summed E-state index contributed by atoms with van der Waals surface area (Å²) in [4.78, 5) is 4.62. The van der Waals surface area contributed by atoms with Gasteiger partial charge >= 0.3 is 0 Å². The number of rotatable bonds is 3. The second-order valence-corrected chi connectivity index (χ2v) is 6.25. The van der Waals surface area contributed by atoms with Crippen molar-refractivity contribution in [2.45, 2.75) is 19.4 Å². The van der Waals surface area contributed by atoms with Crippen molar-refractivity contribution in [3.8, 4) is 5.82 Å². The van der Waals surface area contributed by atoms with Gasteiger partial charge in [-0.2, -0.15) is 0 Å². The summed E-state index contributed by atoms with van der Waals surface area (Å²) < 4.78 is 2.24. The van der Waals surface area contributed by atoms with Crippen molar-refractivity contribution >= 4 is 22.5 Å². The van der Waals surface area contributed by atoms with Crippen molar-refractivity contribution in [3.05, 3.63) is 58.4 Å². The van der Waals surface area contributed by atoms with Gasteiger partial charge in [-0.1, -0.05) is 17.7 Å². The SMILES string of the molecule is OCCc1cccnc1-n1c2c(c3cc(Cl)ccc31)CNCC2. The molecular formula is C18H18ClN3O. The fourth-order valence-corrected chi connectivity index (χ4v) is 3.62. The van der Waals surface area contributed by atoms with Crippen molar-refractivity contribution < 1.29 is 5.11 Å². The summed E-state index contributed by atoms with van der Waals surface area (Å²) in [6.45, 7) is 1.92. The molecular weight excluding hydrogens is 310 g/mol. The van der Waals surface area contributed by atoms with E-state index >= 15 is 0 Å². The van der Waals surface area contributed by atoms with Crippen molar-refractivity contribution in [2.75, 3.05) is 13.2 Å². The molecule has 0 saturated heterocycles. The van der Waals surface area contributed by atoms with E-state index in [0.29, 0.717) is 6.42 Å². The number of nitrogens with one attached hydrogen (secondary N) is 1. The highest BCUT2D eigenvalue weighted by Crippen LogP contribution is 2.33. The lowest BCUT2D eigenvalue weighted by atomic mass is 10.1. The molecule has 2 aromatic heterocycles. The fraction of sp³-hybridized carbons (Fsp3) is 0.278. The molecule has 0 radical (unpaired) electrons. The first kappa shape index (κ1) is 14.7. The molecule has 0 aliphatic carbocycles. The number of benzene rings is 1. The van der Waals surface area contributed by atoms with Crippen LogP contribution in [0, 0.1) is 0 Å². The number of aliphatic hydroxyl groups excluding tert-OH is 1. The number of nitrogens with zero attached hydrogens (tertiary/aromatic N) is 2. The molecule has 4 nitrogen and oxygen atoms in total. The number of fused-ring (bicyclic) bond motifs is 3. The highest BCUT2D eigenvalue weighted by atomic mass is 35.5. The third-order valence-electron chi connectivity index (χ3n) is 4.44. The summed E-state index contributed by atoms with van der Waals surface area (Å²) in [5.74, 6) is 0.914. The molecule has 0 saturated carbocycles. The summed E-state index contributed by atoms with van der Waals surface area (Å²) in [5.41, 5.74) is 4.78. The Balaban J connectivity index is 2.04. The zero-order valence-corrected chi connectivity index (χ0v) is 13.5. The van der Waals surface area contributed by atoms with Gasteiger partial charge in [0.2, 0.25) is 0 Å². The molecule has 1 aliphatic rings. The van der Waals surface area contributed by atoms with Gasteiger partial charge in [0.1, 0.15) is 5.82 Å². The molecule has 1 aromatic carbocycles. The first-order valence-electron chi connectivity index (χ1n) is 7.87. The van der Waals surface area contributed by atoms with Crippen molar-refractivity contribution in [1.82, 2.24) is 14.9 Å². The van der Waals surface area contributed by atoms with Crippen LogP contribution in [0.5, 0.6) is 0 Å². The van der Waals surface area contributed by atoms with Gasteiger partial charge in [-0.05, 0) is 41.8 Å². The van der Waals surface area contributed by atoms with Crippen LogP contribution in [0.4, 0.5) is 0 Å². The molecule has 0 spiro atoms.